The molecule has 3 rings (SSSR count). The number of carboxylic acids is 1. The van der Waals surface area contributed by atoms with Crippen LogP contribution in [0.3, 0.4) is 0 Å². The number of nitrogens with zero attached hydrogens (tertiary/aromatic N) is 2. The van der Waals surface area contributed by atoms with Crippen LogP contribution >= 0.6 is 0 Å². The number of amides is 3. The maximum Gasteiger partial charge on any atom is 0.407 e. The van der Waals surface area contributed by atoms with Crippen molar-refractivity contribution in [1.29, 1.82) is 0 Å². The third-order valence-electron chi connectivity index (χ3n) is 6.50. The highest BCUT2D eigenvalue weighted by atomic mass is 32.2. The van der Waals surface area contributed by atoms with Gasteiger partial charge >= 0.3 is 12.1 Å². The van der Waals surface area contributed by atoms with Gasteiger partial charge in [0.05, 0.1) is 18.2 Å². The van der Waals surface area contributed by atoms with Crippen molar-refractivity contribution in [2.24, 2.45) is 0 Å². The summed E-state index contributed by atoms with van der Waals surface area (Å²) in [7, 11) is -4.08. The molecule has 39 heavy (non-hydrogen) atoms. The molecule has 0 aromatic heterocycles. The summed E-state index contributed by atoms with van der Waals surface area (Å²) < 4.78 is 33.7. The molecule has 1 aromatic rings. The van der Waals surface area contributed by atoms with Crippen LogP contribution in [0.2, 0.25) is 0 Å². The van der Waals surface area contributed by atoms with Crippen LogP contribution in [-0.2, 0) is 34.9 Å². The van der Waals surface area contributed by atoms with Gasteiger partial charge in [-0.3, -0.25) is 9.59 Å². The van der Waals surface area contributed by atoms with Gasteiger partial charge in [0.25, 0.3) is 0 Å². The van der Waals surface area contributed by atoms with Crippen LogP contribution in [-0.4, -0.2) is 90.6 Å². The number of carboxylic acid groups (broad SMARTS) is 1. The first-order chi connectivity index (χ1) is 18.2. The summed E-state index contributed by atoms with van der Waals surface area (Å²) in [6, 6.07) is 4.82. The molecule has 0 saturated carbocycles. The number of aliphatic carboxylic acids is 1. The Labute approximate surface area is 229 Å². The van der Waals surface area contributed by atoms with E-state index in [0.717, 1.165) is 24.2 Å². The molecule has 13 heteroatoms. The van der Waals surface area contributed by atoms with Gasteiger partial charge in [-0.2, -0.15) is 0 Å². The second-order valence-corrected chi connectivity index (χ2v) is 12.7. The second-order valence-electron chi connectivity index (χ2n) is 11.0. The monoisotopic (exact) mass is 566 g/mol. The molecule has 1 aromatic carbocycles. The van der Waals surface area contributed by atoms with Crippen LogP contribution in [0.1, 0.15) is 58.4 Å². The quantitative estimate of drug-likeness (QED) is 0.405. The molecule has 0 unspecified atom stereocenters. The van der Waals surface area contributed by atoms with Crippen LogP contribution in [0.4, 0.5) is 4.79 Å². The number of hydrogen-bond acceptors (Lipinski definition) is 7. The highest BCUT2D eigenvalue weighted by molar-refractivity contribution is 7.88. The standard InChI is InChI=1S/C26H38N4O8S/c1-26(2,3)38-25(35)27-19-14-21(24(33)34)30(16-19)23(32)20(15-22(31)29-12-8-5-9-13-29)28-39(36,37)17-18-10-6-4-7-11-18/h4,6-7,10-11,19-21,28H,5,8-9,12-17H2,1-3H3,(H,27,35)(H,33,34)/t19-,20-,21+/m1/s1. The SMILES string of the molecule is CC(C)(C)OC(=O)N[C@@H]1C[C@@H](C(=O)O)N(C(=O)[C@@H](CC(=O)N2CCCCC2)NS(=O)(=O)Cc2ccccc2)C1. The molecule has 2 fully saturated rings. The summed E-state index contributed by atoms with van der Waals surface area (Å²) in [5, 5.41) is 12.4. The van der Waals surface area contributed by atoms with Gasteiger partial charge < -0.3 is 25.0 Å². The number of carbonyl (C=O) groups is 4. The predicted molar refractivity (Wildman–Crippen MR) is 142 cm³/mol. The lowest BCUT2D eigenvalue weighted by molar-refractivity contribution is -0.149. The minimum atomic E-state index is -4.08. The molecule has 0 spiro atoms. The Morgan fingerprint density at radius 3 is 2.31 bits per heavy atom. The normalized spacial score (nSPS) is 20.8. The molecule has 3 amide bonds. The number of carbonyl (C=O) groups excluding carboxylic acids is 3. The molecule has 216 valence electrons. The second kappa shape index (κ2) is 12.8. The van der Waals surface area contributed by atoms with E-state index in [1.165, 1.54) is 0 Å². The molecule has 2 heterocycles. The highest BCUT2D eigenvalue weighted by Gasteiger charge is 2.44. The summed E-state index contributed by atoms with van der Waals surface area (Å²) in [4.78, 5) is 53.7. The van der Waals surface area contributed by atoms with E-state index >= 15 is 0 Å². The lowest BCUT2D eigenvalue weighted by Crippen LogP contribution is -2.54. The fourth-order valence-electron chi connectivity index (χ4n) is 4.77. The van der Waals surface area contributed by atoms with E-state index in [-0.39, 0.29) is 18.9 Å². The third kappa shape index (κ3) is 9.20. The van der Waals surface area contributed by atoms with Gasteiger partial charge in [-0.05, 0) is 45.6 Å². The van der Waals surface area contributed by atoms with Crippen molar-refractivity contribution in [2.45, 2.75) is 82.4 Å². The van der Waals surface area contributed by atoms with Crippen molar-refractivity contribution in [2.75, 3.05) is 19.6 Å². The summed E-state index contributed by atoms with van der Waals surface area (Å²) in [6.45, 7) is 5.90. The maximum atomic E-state index is 13.7. The van der Waals surface area contributed by atoms with Gasteiger partial charge in [-0.15, -0.1) is 0 Å². The topological polar surface area (TPSA) is 162 Å². The smallest absolute Gasteiger partial charge is 0.407 e. The maximum absolute atomic E-state index is 13.7. The molecule has 3 N–H and O–H groups in total. The van der Waals surface area contributed by atoms with Crippen LogP contribution in [0.15, 0.2) is 30.3 Å². The van der Waals surface area contributed by atoms with Crippen LogP contribution in [0, 0.1) is 0 Å². The molecule has 2 saturated heterocycles. The number of hydrogen-bond donors (Lipinski definition) is 3. The number of sulfonamides is 1. The van der Waals surface area contributed by atoms with Gasteiger partial charge in [0.1, 0.15) is 17.7 Å². The van der Waals surface area contributed by atoms with Gasteiger partial charge in [-0.1, -0.05) is 30.3 Å². The lowest BCUT2D eigenvalue weighted by Gasteiger charge is -2.30. The van der Waals surface area contributed by atoms with E-state index in [9.17, 15) is 32.7 Å². The number of alkyl carbamates (subject to hydrolysis) is 1. The van der Waals surface area contributed by atoms with Crippen LogP contribution in [0.5, 0.6) is 0 Å². The highest BCUT2D eigenvalue weighted by Crippen LogP contribution is 2.22. The first-order valence-corrected chi connectivity index (χ1v) is 14.7. The minimum Gasteiger partial charge on any atom is -0.480 e. The number of likely N-dealkylation sites (tertiary alicyclic amines) is 2. The summed E-state index contributed by atoms with van der Waals surface area (Å²) in [5.74, 6) is -2.94. The van der Waals surface area contributed by atoms with E-state index in [4.69, 9.17) is 4.74 Å². The number of benzene rings is 1. The molecule has 2 aliphatic heterocycles. The van der Waals surface area contributed by atoms with Crippen molar-refractivity contribution in [3.05, 3.63) is 35.9 Å². The van der Waals surface area contributed by atoms with Gasteiger partial charge in [0, 0.05) is 26.1 Å². The molecule has 0 bridgehead atoms. The van der Waals surface area contributed by atoms with Gasteiger partial charge in [0.2, 0.25) is 21.8 Å². The average Bonchev–Trinajstić information content (AvgIpc) is 3.26. The Hall–Kier alpha value is -3.19. The zero-order chi connectivity index (χ0) is 28.8. The summed E-state index contributed by atoms with van der Waals surface area (Å²) in [5.41, 5.74) is -0.286. The molecule has 0 aliphatic carbocycles. The van der Waals surface area contributed by atoms with E-state index in [2.05, 4.69) is 10.0 Å². The zero-order valence-electron chi connectivity index (χ0n) is 22.6. The minimum absolute atomic E-state index is 0.0934. The Morgan fingerprint density at radius 2 is 1.72 bits per heavy atom. The van der Waals surface area contributed by atoms with Gasteiger partial charge in [-0.25, -0.2) is 22.7 Å². The van der Waals surface area contributed by atoms with Crippen LogP contribution in [0.25, 0.3) is 0 Å². The third-order valence-corrected chi connectivity index (χ3v) is 7.85. The van der Waals surface area contributed by atoms with E-state index < -0.39 is 63.9 Å². The fourth-order valence-corrected chi connectivity index (χ4v) is 6.10. The molecule has 12 nitrogen and oxygen atoms in total. The first kappa shape index (κ1) is 30.4. The van der Waals surface area contributed by atoms with E-state index in [0.29, 0.717) is 18.7 Å². The Kier molecular flexibility index (Phi) is 9.94. The van der Waals surface area contributed by atoms with Gasteiger partial charge in [0.15, 0.2) is 0 Å². The van der Waals surface area contributed by atoms with Crippen molar-refractivity contribution < 1.29 is 37.4 Å². The molecular weight excluding hydrogens is 528 g/mol. The van der Waals surface area contributed by atoms with Crippen molar-refractivity contribution in [1.82, 2.24) is 19.8 Å². The summed E-state index contributed by atoms with van der Waals surface area (Å²) >= 11 is 0. The number of nitrogens with one attached hydrogen (secondary N) is 2. The molecular formula is C26H38N4O8S. The Balaban J connectivity index is 1.80. The fraction of sp³-hybridized carbons (Fsp3) is 0.615. The van der Waals surface area contributed by atoms with Crippen molar-refractivity contribution in [3.8, 4) is 0 Å². The van der Waals surface area contributed by atoms with Crippen molar-refractivity contribution in [3.63, 3.8) is 0 Å². The largest absolute Gasteiger partial charge is 0.480 e. The molecule has 2 aliphatic rings. The predicted octanol–water partition coefficient (Wildman–Crippen LogP) is 1.46. The lowest BCUT2D eigenvalue weighted by atomic mass is 10.1. The number of piperidine rings is 1. The van der Waals surface area contributed by atoms with Crippen molar-refractivity contribution >= 4 is 33.9 Å². The van der Waals surface area contributed by atoms with E-state index in [1.54, 1.807) is 56.0 Å². The Morgan fingerprint density at radius 1 is 1.08 bits per heavy atom. The van der Waals surface area contributed by atoms with Crippen LogP contribution < -0.4 is 10.0 Å². The number of ether oxygens (including phenoxy) is 1. The molecule has 0 radical (unpaired) electrons. The first-order valence-electron chi connectivity index (χ1n) is 13.1. The average molecular weight is 567 g/mol. The van der Waals surface area contributed by atoms with E-state index in [1.807, 2.05) is 0 Å². The number of rotatable bonds is 9. The zero-order valence-corrected chi connectivity index (χ0v) is 23.4. The molecule has 3 atom stereocenters. The Bertz CT molecular complexity index is 1150. The summed E-state index contributed by atoms with van der Waals surface area (Å²) in [6.07, 6.45) is 1.32.